The van der Waals surface area contributed by atoms with E-state index in [1.807, 2.05) is 6.07 Å². The van der Waals surface area contributed by atoms with E-state index in [2.05, 4.69) is 0 Å². The fourth-order valence-electron chi connectivity index (χ4n) is 1.58. The van der Waals surface area contributed by atoms with E-state index in [0.717, 1.165) is 0 Å². The second-order valence-corrected chi connectivity index (χ2v) is 4.47. The highest BCUT2D eigenvalue weighted by Gasteiger charge is 2.32. The fourth-order valence-corrected chi connectivity index (χ4v) is 1.71. The van der Waals surface area contributed by atoms with Crippen LogP contribution in [0.5, 0.6) is 0 Å². The highest BCUT2D eigenvalue weighted by molar-refractivity contribution is 6.25. The number of aliphatic hydroxyl groups is 2. The molecule has 0 aromatic heterocycles. The second-order valence-electron chi connectivity index (χ2n) is 3.85. The maximum atomic E-state index is 12.0. The highest BCUT2D eigenvalue weighted by atomic mass is 35.5. The summed E-state index contributed by atoms with van der Waals surface area (Å²) in [6.07, 6.45) is 2.72. The molecule has 0 bridgehead atoms. The summed E-state index contributed by atoms with van der Waals surface area (Å²) in [5, 5.41) is 17.2. The average molecular weight is 251 g/mol. The lowest BCUT2D eigenvalue weighted by molar-refractivity contribution is 0.101. The van der Waals surface area contributed by atoms with E-state index in [9.17, 15) is 15.0 Å². The molecule has 0 heterocycles. The summed E-state index contributed by atoms with van der Waals surface area (Å²) in [4.78, 5) is 12.0. The lowest BCUT2D eigenvalue weighted by Gasteiger charge is -2.22. The van der Waals surface area contributed by atoms with Crippen LogP contribution in [0.25, 0.3) is 0 Å². The Hall–Kier alpha value is -1.58. The van der Waals surface area contributed by atoms with Crippen molar-refractivity contribution in [3.63, 3.8) is 0 Å². The smallest absolute Gasteiger partial charge is 0.199 e. The first kappa shape index (κ1) is 11.9. The van der Waals surface area contributed by atoms with Gasteiger partial charge in [0.25, 0.3) is 0 Å². The van der Waals surface area contributed by atoms with E-state index in [4.69, 9.17) is 11.6 Å². The number of hydrogen-bond acceptors (Lipinski definition) is 3. The molecule has 2 N–H and O–H groups in total. The zero-order chi connectivity index (χ0) is 12.5. The molecule has 0 aliphatic heterocycles. The number of carbonyl (C=O) groups excluding carboxylic acids is 1. The number of rotatable bonds is 2. The SMILES string of the molecule is O=C(C1=CC[C@](O)(Cl)C(O)=C1)c1ccccc1. The number of carbonyl (C=O) groups is 1. The van der Waals surface area contributed by atoms with Crippen molar-refractivity contribution in [2.45, 2.75) is 11.5 Å². The summed E-state index contributed by atoms with van der Waals surface area (Å²) < 4.78 is 0. The summed E-state index contributed by atoms with van der Waals surface area (Å²) in [5.74, 6) is -0.606. The summed E-state index contributed by atoms with van der Waals surface area (Å²) in [7, 11) is 0. The van der Waals surface area contributed by atoms with Crippen LogP contribution >= 0.6 is 11.6 Å². The van der Waals surface area contributed by atoms with Crippen LogP contribution in [0.3, 0.4) is 0 Å². The first-order valence-corrected chi connectivity index (χ1v) is 5.51. The molecule has 0 unspecified atom stereocenters. The highest BCUT2D eigenvalue weighted by Crippen LogP contribution is 2.31. The lowest BCUT2D eigenvalue weighted by Crippen LogP contribution is -2.26. The molecule has 0 fully saturated rings. The molecule has 1 aliphatic carbocycles. The number of Topliss-reactive ketones (excluding diaryl/α,β-unsaturated/α-hetero) is 1. The third-order valence-electron chi connectivity index (χ3n) is 2.58. The third-order valence-corrected chi connectivity index (χ3v) is 2.92. The molecule has 2 rings (SSSR count). The Morgan fingerprint density at radius 2 is 1.94 bits per heavy atom. The van der Waals surface area contributed by atoms with Crippen molar-refractivity contribution in [1.29, 1.82) is 0 Å². The van der Waals surface area contributed by atoms with Gasteiger partial charge in [0.2, 0.25) is 0 Å². The number of ketones is 1. The van der Waals surface area contributed by atoms with Gasteiger partial charge < -0.3 is 10.2 Å². The van der Waals surface area contributed by atoms with Crippen molar-refractivity contribution >= 4 is 17.4 Å². The molecule has 17 heavy (non-hydrogen) atoms. The minimum absolute atomic E-state index is 0.00476. The van der Waals surface area contributed by atoms with Crippen LogP contribution in [0.15, 0.2) is 53.8 Å². The molecule has 0 radical (unpaired) electrons. The summed E-state index contributed by atoms with van der Waals surface area (Å²) in [5.41, 5.74) is 0.863. The van der Waals surface area contributed by atoms with Crippen molar-refractivity contribution < 1.29 is 15.0 Å². The van der Waals surface area contributed by atoms with E-state index >= 15 is 0 Å². The van der Waals surface area contributed by atoms with E-state index < -0.39 is 10.8 Å². The van der Waals surface area contributed by atoms with Gasteiger partial charge in [-0.2, -0.15) is 0 Å². The topological polar surface area (TPSA) is 57.5 Å². The average Bonchev–Trinajstić information content (AvgIpc) is 2.33. The van der Waals surface area contributed by atoms with E-state index in [1.165, 1.54) is 12.2 Å². The number of halogens is 1. The number of benzene rings is 1. The molecule has 1 aliphatic rings. The number of aliphatic hydroxyl groups excluding tert-OH is 1. The van der Waals surface area contributed by atoms with Gasteiger partial charge in [-0.25, -0.2) is 0 Å². The van der Waals surface area contributed by atoms with E-state index in [-0.39, 0.29) is 12.2 Å². The largest absolute Gasteiger partial charge is 0.508 e. The monoisotopic (exact) mass is 250 g/mol. The van der Waals surface area contributed by atoms with Gasteiger partial charge in [0.05, 0.1) is 0 Å². The first-order valence-electron chi connectivity index (χ1n) is 5.13. The van der Waals surface area contributed by atoms with Gasteiger partial charge in [-0.3, -0.25) is 4.79 Å². The van der Waals surface area contributed by atoms with Crippen molar-refractivity contribution in [3.8, 4) is 0 Å². The van der Waals surface area contributed by atoms with Crippen molar-refractivity contribution in [1.82, 2.24) is 0 Å². The van der Waals surface area contributed by atoms with Crippen LogP contribution in [-0.2, 0) is 0 Å². The van der Waals surface area contributed by atoms with Crippen LogP contribution in [0.2, 0.25) is 0 Å². The number of hydrogen-bond donors (Lipinski definition) is 2. The van der Waals surface area contributed by atoms with Crippen molar-refractivity contribution in [2.75, 3.05) is 0 Å². The van der Waals surface area contributed by atoms with Crippen LogP contribution in [0.4, 0.5) is 0 Å². The standard InChI is InChI=1S/C13H11ClO3/c14-13(17)7-6-10(8-11(13)15)12(16)9-4-2-1-3-5-9/h1-6,8,15,17H,7H2/t13-/m1/s1. The minimum Gasteiger partial charge on any atom is -0.508 e. The predicted octanol–water partition coefficient (Wildman–Crippen LogP) is 2.57. The predicted molar refractivity (Wildman–Crippen MR) is 65.0 cm³/mol. The molecule has 88 valence electrons. The quantitative estimate of drug-likeness (QED) is 0.627. The normalized spacial score (nSPS) is 23.9. The Bertz CT molecular complexity index is 501. The molecule has 3 nitrogen and oxygen atoms in total. The summed E-state index contributed by atoms with van der Waals surface area (Å²) in [6.45, 7) is 0. The van der Waals surface area contributed by atoms with Crippen LogP contribution in [0.1, 0.15) is 16.8 Å². The Labute approximate surface area is 104 Å². The van der Waals surface area contributed by atoms with E-state index in [1.54, 1.807) is 24.3 Å². The van der Waals surface area contributed by atoms with Gasteiger partial charge in [0, 0.05) is 17.6 Å². The fraction of sp³-hybridized carbons (Fsp3) is 0.154. The molecule has 1 aromatic rings. The first-order chi connectivity index (χ1) is 8.00. The van der Waals surface area contributed by atoms with Gasteiger partial charge in [0.1, 0.15) is 5.76 Å². The minimum atomic E-state index is -1.79. The summed E-state index contributed by atoms with van der Waals surface area (Å²) in [6, 6.07) is 8.72. The molecule has 1 atom stereocenters. The maximum Gasteiger partial charge on any atom is 0.199 e. The van der Waals surface area contributed by atoms with Crippen LogP contribution in [-0.4, -0.2) is 21.1 Å². The maximum absolute atomic E-state index is 12.0. The van der Waals surface area contributed by atoms with Crippen LogP contribution in [0, 0.1) is 0 Å². The third kappa shape index (κ3) is 2.40. The molecule has 0 saturated heterocycles. The zero-order valence-electron chi connectivity index (χ0n) is 8.93. The zero-order valence-corrected chi connectivity index (χ0v) is 9.69. The molecule has 0 saturated carbocycles. The van der Waals surface area contributed by atoms with Gasteiger partial charge in [0.15, 0.2) is 10.8 Å². The van der Waals surface area contributed by atoms with E-state index in [0.29, 0.717) is 11.1 Å². The van der Waals surface area contributed by atoms with Crippen molar-refractivity contribution in [2.24, 2.45) is 0 Å². The van der Waals surface area contributed by atoms with Gasteiger partial charge in [-0.1, -0.05) is 48.0 Å². The van der Waals surface area contributed by atoms with Gasteiger partial charge in [-0.15, -0.1) is 0 Å². The Morgan fingerprint density at radius 3 is 2.53 bits per heavy atom. The molecule has 1 aromatic carbocycles. The lowest BCUT2D eigenvalue weighted by atomic mass is 9.96. The number of alkyl halides is 1. The summed E-state index contributed by atoms with van der Waals surface area (Å²) >= 11 is 5.62. The Kier molecular flexibility index (Phi) is 3.05. The molecular formula is C13H11ClO3. The number of allylic oxidation sites excluding steroid dienone is 2. The molecule has 0 spiro atoms. The van der Waals surface area contributed by atoms with Gasteiger partial charge in [-0.05, 0) is 6.08 Å². The van der Waals surface area contributed by atoms with Crippen molar-refractivity contribution in [3.05, 3.63) is 59.4 Å². The Balaban J connectivity index is 2.27. The van der Waals surface area contributed by atoms with Crippen LogP contribution < -0.4 is 0 Å². The molecule has 0 amide bonds. The van der Waals surface area contributed by atoms with Gasteiger partial charge >= 0.3 is 0 Å². The second kappa shape index (κ2) is 4.35. The Morgan fingerprint density at radius 1 is 1.29 bits per heavy atom. The molecule has 4 heteroatoms. The molecular weight excluding hydrogens is 240 g/mol.